The van der Waals surface area contributed by atoms with Crippen LogP contribution in [0.3, 0.4) is 0 Å². The standard InChI is InChI=1S/C8H14N2O2/c1-2-7(11)8(12)6-10-5-3-4-9-10/h3-5,7-8,11-12H,2,6H2,1H3. The van der Waals surface area contributed by atoms with Crippen LogP contribution in [0.15, 0.2) is 18.5 Å². The summed E-state index contributed by atoms with van der Waals surface area (Å²) in [6.45, 7) is 2.18. The molecule has 0 aliphatic carbocycles. The second-order valence-electron chi connectivity index (χ2n) is 2.77. The summed E-state index contributed by atoms with van der Waals surface area (Å²) in [7, 11) is 0. The Morgan fingerprint density at radius 2 is 2.17 bits per heavy atom. The van der Waals surface area contributed by atoms with Gasteiger partial charge in [0.2, 0.25) is 0 Å². The van der Waals surface area contributed by atoms with Crippen molar-refractivity contribution in [2.75, 3.05) is 0 Å². The van der Waals surface area contributed by atoms with Crippen LogP contribution in [0.4, 0.5) is 0 Å². The lowest BCUT2D eigenvalue weighted by Crippen LogP contribution is -2.29. The smallest absolute Gasteiger partial charge is 0.0994 e. The van der Waals surface area contributed by atoms with E-state index in [9.17, 15) is 10.2 Å². The second-order valence-corrected chi connectivity index (χ2v) is 2.77. The first-order valence-electron chi connectivity index (χ1n) is 4.07. The average Bonchev–Trinajstić information content (AvgIpc) is 2.55. The van der Waals surface area contributed by atoms with Crippen LogP contribution in [0.1, 0.15) is 13.3 Å². The Kier molecular flexibility index (Phi) is 3.25. The molecule has 0 aromatic carbocycles. The van der Waals surface area contributed by atoms with E-state index in [4.69, 9.17) is 0 Å². The molecule has 12 heavy (non-hydrogen) atoms. The van der Waals surface area contributed by atoms with Gasteiger partial charge in [-0.2, -0.15) is 5.10 Å². The van der Waals surface area contributed by atoms with Crippen molar-refractivity contribution in [1.29, 1.82) is 0 Å². The molecule has 0 radical (unpaired) electrons. The maximum Gasteiger partial charge on any atom is 0.0994 e. The Balaban J connectivity index is 2.41. The molecule has 0 saturated heterocycles. The number of hydrogen-bond acceptors (Lipinski definition) is 3. The highest BCUT2D eigenvalue weighted by atomic mass is 16.3. The van der Waals surface area contributed by atoms with Crippen molar-refractivity contribution >= 4 is 0 Å². The van der Waals surface area contributed by atoms with Crippen LogP contribution in [0, 0.1) is 0 Å². The topological polar surface area (TPSA) is 58.3 Å². The summed E-state index contributed by atoms with van der Waals surface area (Å²) in [6, 6.07) is 1.78. The molecule has 2 atom stereocenters. The van der Waals surface area contributed by atoms with E-state index in [0.717, 1.165) is 0 Å². The monoisotopic (exact) mass is 170 g/mol. The van der Waals surface area contributed by atoms with Crippen LogP contribution in [0.25, 0.3) is 0 Å². The summed E-state index contributed by atoms with van der Waals surface area (Å²) in [6.07, 6.45) is 2.57. The molecule has 0 saturated carbocycles. The molecule has 0 spiro atoms. The van der Waals surface area contributed by atoms with Crippen LogP contribution < -0.4 is 0 Å². The van der Waals surface area contributed by atoms with Crippen molar-refractivity contribution in [2.45, 2.75) is 32.1 Å². The van der Waals surface area contributed by atoms with Crippen molar-refractivity contribution in [2.24, 2.45) is 0 Å². The van der Waals surface area contributed by atoms with Gasteiger partial charge in [-0.25, -0.2) is 0 Å². The minimum Gasteiger partial charge on any atom is -0.390 e. The van der Waals surface area contributed by atoms with Crippen LogP contribution in [-0.2, 0) is 6.54 Å². The van der Waals surface area contributed by atoms with Crippen molar-refractivity contribution in [3.63, 3.8) is 0 Å². The third-order valence-electron chi connectivity index (χ3n) is 1.80. The molecular weight excluding hydrogens is 156 g/mol. The van der Waals surface area contributed by atoms with Gasteiger partial charge in [-0.15, -0.1) is 0 Å². The first-order valence-corrected chi connectivity index (χ1v) is 4.07. The van der Waals surface area contributed by atoms with Crippen LogP contribution in [0.5, 0.6) is 0 Å². The fourth-order valence-electron chi connectivity index (χ4n) is 0.994. The molecule has 4 nitrogen and oxygen atoms in total. The van der Waals surface area contributed by atoms with E-state index < -0.39 is 12.2 Å². The third kappa shape index (κ3) is 2.32. The van der Waals surface area contributed by atoms with E-state index in [1.807, 2.05) is 6.92 Å². The van der Waals surface area contributed by atoms with Crippen molar-refractivity contribution in [3.05, 3.63) is 18.5 Å². The maximum absolute atomic E-state index is 9.38. The molecule has 1 aromatic heterocycles. The average molecular weight is 170 g/mol. The lowest BCUT2D eigenvalue weighted by molar-refractivity contribution is 0.00571. The van der Waals surface area contributed by atoms with Crippen LogP contribution >= 0.6 is 0 Å². The van der Waals surface area contributed by atoms with Gasteiger partial charge >= 0.3 is 0 Å². The largest absolute Gasteiger partial charge is 0.390 e. The first-order chi connectivity index (χ1) is 5.74. The van der Waals surface area contributed by atoms with Gasteiger partial charge in [0.05, 0.1) is 18.8 Å². The Morgan fingerprint density at radius 3 is 2.67 bits per heavy atom. The summed E-state index contributed by atoms with van der Waals surface area (Å²) in [5.41, 5.74) is 0. The molecule has 0 fully saturated rings. The highest BCUT2D eigenvalue weighted by Crippen LogP contribution is 2.00. The predicted molar refractivity (Wildman–Crippen MR) is 44.5 cm³/mol. The number of rotatable bonds is 4. The van der Waals surface area contributed by atoms with E-state index in [1.165, 1.54) is 0 Å². The van der Waals surface area contributed by atoms with Crippen molar-refractivity contribution in [1.82, 2.24) is 9.78 Å². The summed E-state index contributed by atoms with van der Waals surface area (Å²) in [5, 5.41) is 22.5. The SMILES string of the molecule is CCC(O)C(O)Cn1cccn1. The third-order valence-corrected chi connectivity index (χ3v) is 1.80. The van der Waals surface area contributed by atoms with Gasteiger partial charge in [-0.1, -0.05) is 6.92 Å². The van der Waals surface area contributed by atoms with E-state index in [2.05, 4.69) is 5.10 Å². The molecule has 1 rings (SSSR count). The number of aliphatic hydroxyl groups is 2. The van der Waals surface area contributed by atoms with Crippen molar-refractivity contribution in [3.8, 4) is 0 Å². The summed E-state index contributed by atoms with van der Waals surface area (Å²) in [4.78, 5) is 0. The molecule has 0 aliphatic heterocycles. The fourth-order valence-corrected chi connectivity index (χ4v) is 0.994. The highest BCUT2D eigenvalue weighted by Gasteiger charge is 2.14. The van der Waals surface area contributed by atoms with Gasteiger partial charge in [0.15, 0.2) is 0 Å². The van der Waals surface area contributed by atoms with Gasteiger partial charge in [0.25, 0.3) is 0 Å². The number of aromatic nitrogens is 2. The van der Waals surface area contributed by atoms with Gasteiger partial charge in [-0.3, -0.25) is 4.68 Å². The van der Waals surface area contributed by atoms with E-state index >= 15 is 0 Å². The zero-order chi connectivity index (χ0) is 8.97. The van der Waals surface area contributed by atoms with Crippen LogP contribution in [-0.4, -0.2) is 32.2 Å². The molecule has 4 heteroatoms. The molecule has 0 aliphatic rings. The van der Waals surface area contributed by atoms with Gasteiger partial charge in [0.1, 0.15) is 0 Å². The number of aliphatic hydroxyl groups excluding tert-OH is 2. The van der Waals surface area contributed by atoms with Crippen molar-refractivity contribution < 1.29 is 10.2 Å². The molecule has 68 valence electrons. The van der Waals surface area contributed by atoms with Gasteiger partial charge in [0, 0.05) is 12.4 Å². The molecular formula is C8H14N2O2. The Hall–Kier alpha value is -0.870. The summed E-state index contributed by atoms with van der Waals surface area (Å²) >= 11 is 0. The molecule has 0 bridgehead atoms. The summed E-state index contributed by atoms with van der Waals surface area (Å²) < 4.78 is 1.60. The molecule has 1 aromatic rings. The fraction of sp³-hybridized carbons (Fsp3) is 0.625. The van der Waals surface area contributed by atoms with E-state index in [1.54, 1.807) is 23.1 Å². The van der Waals surface area contributed by atoms with E-state index in [0.29, 0.717) is 13.0 Å². The number of hydrogen-bond donors (Lipinski definition) is 2. The highest BCUT2D eigenvalue weighted by molar-refractivity contribution is 4.79. The Bertz CT molecular complexity index is 211. The second kappa shape index (κ2) is 4.23. The lowest BCUT2D eigenvalue weighted by atomic mass is 10.1. The lowest BCUT2D eigenvalue weighted by Gasteiger charge is -2.15. The Morgan fingerprint density at radius 1 is 1.42 bits per heavy atom. The molecule has 2 N–H and O–H groups in total. The summed E-state index contributed by atoms with van der Waals surface area (Å²) in [5.74, 6) is 0. The van der Waals surface area contributed by atoms with Gasteiger partial charge in [-0.05, 0) is 12.5 Å². The first kappa shape index (κ1) is 9.22. The maximum atomic E-state index is 9.38. The minimum absolute atomic E-state index is 0.349. The predicted octanol–water partition coefficient (Wildman–Crippen LogP) is 0.0149. The Labute approximate surface area is 71.5 Å². The quantitative estimate of drug-likeness (QED) is 0.669. The van der Waals surface area contributed by atoms with E-state index in [-0.39, 0.29) is 0 Å². The van der Waals surface area contributed by atoms with Gasteiger partial charge < -0.3 is 10.2 Å². The molecule has 0 amide bonds. The molecule has 2 unspecified atom stereocenters. The zero-order valence-corrected chi connectivity index (χ0v) is 7.09. The zero-order valence-electron chi connectivity index (χ0n) is 7.09. The molecule has 1 heterocycles. The normalized spacial score (nSPS) is 15.9. The van der Waals surface area contributed by atoms with Crippen LogP contribution in [0.2, 0.25) is 0 Å². The minimum atomic E-state index is -0.727. The number of nitrogens with zero attached hydrogens (tertiary/aromatic N) is 2.